The van der Waals surface area contributed by atoms with Crippen molar-refractivity contribution < 1.29 is 4.79 Å². The van der Waals surface area contributed by atoms with Crippen molar-refractivity contribution >= 4 is 23.4 Å². The molecule has 0 radical (unpaired) electrons. The number of hydrogen-bond acceptors (Lipinski definition) is 5. The van der Waals surface area contributed by atoms with E-state index in [9.17, 15) is 4.79 Å². The molecule has 0 fully saturated rings. The number of carbonyl (C=O) groups is 1. The van der Waals surface area contributed by atoms with Crippen molar-refractivity contribution in [1.29, 1.82) is 5.26 Å². The van der Waals surface area contributed by atoms with E-state index in [0.29, 0.717) is 16.4 Å². The molecule has 6 heteroatoms. The summed E-state index contributed by atoms with van der Waals surface area (Å²) in [7, 11) is 0. The van der Waals surface area contributed by atoms with Gasteiger partial charge < -0.3 is 5.32 Å². The molecular weight excluding hydrogens is 344 g/mol. The van der Waals surface area contributed by atoms with Gasteiger partial charge in [-0.1, -0.05) is 54.2 Å². The zero-order valence-electron chi connectivity index (χ0n) is 14.1. The van der Waals surface area contributed by atoms with Gasteiger partial charge in [-0.05, 0) is 25.1 Å². The lowest BCUT2D eigenvalue weighted by Crippen LogP contribution is -2.15. The van der Waals surface area contributed by atoms with Gasteiger partial charge in [-0.2, -0.15) is 5.26 Å². The number of anilines is 1. The molecule has 0 spiro atoms. The third-order valence-electron chi connectivity index (χ3n) is 3.56. The van der Waals surface area contributed by atoms with Gasteiger partial charge in [0.1, 0.15) is 6.07 Å². The predicted molar refractivity (Wildman–Crippen MR) is 103 cm³/mol. The first-order chi connectivity index (χ1) is 12.7. The van der Waals surface area contributed by atoms with Crippen molar-refractivity contribution in [3.8, 4) is 17.3 Å². The molecule has 0 aliphatic carbocycles. The number of aryl methyl sites for hydroxylation is 1. The minimum absolute atomic E-state index is 0.164. The molecule has 1 N–H and O–H groups in total. The molecule has 3 rings (SSSR count). The number of thioether (sulfide) groups is 1. The molecule has 0 unspecified atom stereocenters. The minimum atomic E-state index is -0.205. The van der Waals surface area contributed by atoms with Gasteiger partial charge in [-0.15, -0.1) is 0 Å². The highest BCUT2D eigenvalue weighted by Gasteiger charge is 2.10. The van der Waals surface area contributed by atoms with Gasteiger partial charge in [0.25, 0.3) is 0 Å². The van der Waals surface area contributed by atoms with Crippen LogP contribution in [-0.2, 0) is 4.79 Å². The Labute approximate surface area is 156 Å². The normalized spacial score (nSPS) is 10.2. The number of nitrogens with one attached hydrogen (secondary N) is 1. The van der Waals surface area contributed by atoms with E-state index in [1.165, 1.54) is 11.8 Å². The van der Waals surface area contributed by atoms with Crippen LogP contribution in [0.2, 0.25) is 0 Å². The fourth-order valence-corrected chi connectivity index (χ4v) is 3.07. The van der Waals surface area contributed by atoms with E-state index in [1.54, 1.807) is 24.3 Å². The van der Waals surface area contributed by atoms with Gasteiger partial charge in [-0.25, -0.2) is 9.97 Å². The Bertz CT molecular complexity index is 967. The van der Waals surface area contributed by atoms with Gasteiger partial charge in [0.2, 0.25) is 5.91 Å². The van der Waals surface area contributed by atoms with Crippen molar-refractivity contribution in [2.24, 2.45) is 0 Å². The summed E-state index contributed by atoms with van der Waals surface area (Å²) in [6.07, 6.45) is 0. The number of amides is 1. The van der Waals surface area contributed by atoms with Crippen molar-refractivity contribution in [1.82, 2.24) is 9.97 Å². The molecule has 1 amide bonds. The molecule has 26 heavy (non-hydrogen) atoms. The number of hydrogen-bond donors (Lipinski definition) is 1. The third-order valence-corrected chi connectivity index (χ3v) is 4.40. The maximum Gasteiger partial charge on any atom is 0.234 e. The molecule has 3 aromatic rings. The molecule has 128 valence electrons. The Balaban J connectivity index is 1.69. The molecule has 0 aliphatic rings. The van der Waals surface area contributed by atoms with Crippen LogP contribution in [0.15, 0.2) is 65.8 Å². The highest BCUT2D eigenvalue weighted by atomic mass is 32.2. The predicted octanol–water partition coefficient (Wildman–Crippen LogP) is 4.05. The average molecular weight is 360 g/mol. The van der Waals surface area contributed by atoms with Crippen LogP contribution in [0.5, 0.6) is 0 Å². The first kappa shape index (κ1) is 17.6. The number of rotatable bonds is 5. The van der Waals surface area contributed by atoms with Crippen LogP contribution >= 0.6 is 11.8 Å². The zero-order valence-corrected chi connectivity index (χ0v) is 15.0. The smallest absolute Gasteiger partial charge is 0.234 e. The van der Waals surface area contributed by atoms with Crippen molar-refractivity contribution in [3.63, 3.8) is 0 Å². The largest absolute Gasteiger partial charge is 0.324 e. The maximum absolute atomic E-state index is 12.2. The van der Waals surface area contributed by atoms with Gasteiger partial charge in [-0.3, -0.25) is 4.79 Å². The lowest BCUT2D eigenvalue weighted by molar-refractivity contribution is -0.113. The molecule has 5 nitrogen and oxygen atoms in total. The van der Waals surface area contributed by atoms with Gasteiger partial charge in [0, 0.05) is 11.3 Å². The minimum Gasteiger partial charge on any atom is -0.324 e. The van der Waals surface area contributed by atoms with Crippen LogP contribution in [0.4, 0.5) is 5.69 Å². The number of nitriles is 1. The summed E-state index contributed by atoms with van der Waals surface area (Å²) in [5.74, 6) is -0.0404. The number of carbonyl (C=O) groups excluding carboxylic acids is 1. The van der Waals surface area contributed by atoms with E-state index in [0.717, 1.165) is 17.0 Å². The van der Waals surface area contributed by atoms with Gasteiger partial charge >= 0.3 is 0 Å². The molecule has 0 aliphatic heterocycles. The van der Waals surface area contributed by atoms with Gasteiger partial charge in [0.05, 0.1) is 22.7 Å². The summed E-state index contributed by atoms with van der Waals surface area (Å²) in [6.45, 7) is 1.90. The summed E-state index contributed by atoms with van der Waals surface area (Å²) in [4.78, 5) is 21.1. The van der Waals surface area contributed by atoms with Gasteiger partial charge in [0.15, 0.2) is 5.16 Å². The lowest BCUT2D eigenvalue weighted by Gasteiger charge is -2.08. The second kappa shape index (κ2) is 8.28. The Morgan fingerprint density at radius 3 is 2.62 bits per heavy atom. The molecule has 0 saturated heterocycles. The maximum atomic E-state index is 12.2. The topological polar surface area (TPSA) is 78.7 Å². The molecular formula is C20H16N4OS. The third kappa shape index (κ3) is 4.47. The van der Waals surface area contributed by atoms with E-state index in [4.69, 9.17) is 5.26 Å². The van der Waals surface area contributed by atoms with Crippen molar-refractivity contribution in [2.75, 3.05) is 11.1 Å². The van der Waals surface area contributed by atoms with Crippen molar-refractivity contribution in [2.45, 2.75) is 12.1 Å². The van der Waals surface area contributed by atoms with Crippen LogP contribution in [0.3, 0.4) is 0 Å². The fraction of sp³-hybridized carbons (Fsp3) is 0.100. The van der Waals surface area contributed by atoms with E-state index < -0.39 is 0 Å². The van der Waals surface area contributed by atoms with Crippen molar-refractivity contribution in [3.05, 3.63) is 71.9 Å². The van der Waals surface area contributed by atoms with E-state index in [1.807, 2.05) is 43.3 Å². The van der Waals surface area contributed by atoms with E-state index >= 15 is 0 Å². The zero-order chi connectivity index (χ0) is 18.4. The summed E-state index contributed by atoms with van der Waals surface area (Å²) >= 11 is 1.27. The quantitative estimate of drug-likeness (QED) is 0.548. The monoisotopic (exact) mass is 360 g/mol. The Kier molecular flexibility index (Phi) is 5.62. The SMILES string of the molecule is Cc1cc(-c2ccccc2)nc(SCC(=O)Nc2ccccc2C#N)n1. The summed E-state index contributed by atoms with van der Waals surface area (Å²) in [5.41, 5.74) is 3.62. The first-order valence-corrected chi connectivity index (χ1v) is 8.97. The molecule has 0 bridgehead atoms. The second-order valence-corrected chi connectivity index (χ2v) is 6.48. The highest BCUT2D eigenvalue weighted by molar-refractivity contribution is 7.99. The van der Waals surface area contributed by atoms with Crippen LogP contribution in [-0.4, -0.2) is 21.6 Å². The molecule has 0 saturated carbocycles. The number of benzene rings is 2. The van der Waals surface area contributed by atoms with E-state index in [-0.39, 0.29) is 11.7 Å². The first-order valence-electron chi connectivity index (χ1n) is 7.98. The standard InChI is InChI=1S/C20H16N4OS/c1-14-11-18(15-7-3-2-4-8-15)24-20(22-14)26-13-19(25)23-17-10-6-5-9-16(17)12-21/h2-11H,13H2,1H3,(H,23,25). The molecule has 1 heterocycles. The van der Waals surface area contributed by atoms with Crippen LogP contribution in [0, 0.1) is 18.3 Å². The Morgan fingerprint density at radius 2 is 1.85 bits per heavy atom. The lowest BCUT2D eigenvalue weighted by atomic mass is 10.1. The average Bonchev–Trinajstić information content (AvgIpc) is 2.67. The van der Waals surface area contributed by atoms with Crippen LogP contribution in [0.25, 0.3) is 11.3 Å². The Hall–Kier alpha value is -3.17. The molecule has 2 aromatic carbocycles. The summed E-state index contributed by atoms with van der Waals surface area (Å²) in [6, 6.07) is 20.7. The Morgan fingerprint density at radius 1 is 1.12 bits per heavy atom. The molecule has 0 atom stereocenters. The summed E-state index contributed by atoms with van der Waals surface area (Å²) in [5, 5.41) is 12.4. The molecule has 1 aromatic heterocycles. The number of nitrogens with zero attached hydrogens (tertiary/aromatic N) is 3. The van der Waals surface area contributed by atoms with E-state index in [2.05, 4.69) is 21.4 Å². The second-order valence-electron chi connectivity index (χ2n) is 5.54. The van der Waals surface area contributed by atoms with Crippen LogP contribution in [0.1, 0.15) is 11.3 Å². The fourth-order valence-electron chi connectivity index (χ4n) is 2.37. The highest BCUT2D eigenvalue weighted by Crippen LogP contribution is 2.22. The number of para-hydroxylation sites is 1. The number of aromatic nitrogens is 2. The summed E-state index contributed by atoms with van der Waals surface area (Å²) < 4.78 is 0. The van der Waals surface area contributed by atoms with Crippen LogP contribution < -0.4 is 5.32 Å².